The lowest BCUT2D eigenvalue weighted by atomic mass is 10.0. The number of hydrogen-bond donors (Lipinski definition) is 4. The van der Waals surface area contributed by atoms with Gasteiger partial charge in [-0.3, -0.25) is 0 Å². The van der Waals surface area contributed by atoms with E-state index in [1.165, 1.54) is 0 Å². The predicted molar refractivity (Wildman–Crippen MR) is 149 cm³/mol. The van der Waals surface area contributed by atoms with Crippen LogP contribution in [0.2, 0.25) is 20.1 Å². The molecule has 0 radical (unpaired) electrons. The van der Waals surface area contributed by atoms with Crippen molar-refractivity contribution in [3.63, 3.8) is 0 Å². The fourth-order valence-corrected chi connectivity index (χ4v) is 4.01. The van der Waals surface area contributed by atoms with Gasteiger partial charge in [-0.1, -0.05) is 70.7 Å². The molecule has 4 aromatic carbocycles. The van der Waals surface area contributed by atoms with Gasteiger partial charge in [0.25, 0.3) is 0 Å². The summed E-state index contributed by atoms with van der Waals surface area (Å²) >= 11 is 23.9. The zero-order chi connectivity index (χ0) is 24.8. The van der Waals surface area contributed by atoms with Crippen molar-refractivity contribution in [2.75, 3.05) is 22.9 Å². The van der Waals surface area contributed by atoms with Gasteiger partial charge in [-0.2, -0.15) is 0 Å². The fourth-order valence-electron chi connectivity index (χ4n) is 3.19. The van der Waals surface area contributed by atoms with Crippen LogP contribution in [0.15, 0.2) is 72.8 Å². The number of rotatable bonds is 4. The molecule has 0 heterocycles. The molecule has 0 amide bonds. The molecule has 34 heavy (non-hydrogen) atoms. The molecule has 8 heteroatoms. The lowest BCUT2D eigenvalue weighted by Crippen LogP contribution is -1.93. The molecule has 0 saturated heterocycles. The van der Waals surface area contributed by atoms with Crippen LogP contribution in [-0.4, -0.2) is 0 Å². The van der Waals surface area contributed by atoms with Crippen molar-refractivity contribution in [1.29, 1.82) is 0 Å². The molecular weight excluding hydrogens is 510 g/mol. The molecular formula is C26H24Cl4N4. The maximum Gasteiger partial charge on any atom is 0.0638 e. The van der Waals surface area contributed by atoms with Gasteiger partial charge in [0.05, 0.1) is 42.8 Å². The molecule has 8 N–H and O–H groups in total. The lowest BCUT2D eigenvalue weighted by molar-refractivity contribution is 1.19. The average molecular weight is 534 g/mol. The molecule has 0 aromatic heterocycles. The summed E-state index contributed by atoms with van der Waals surface area (Å²) in [5.41, 5.74) is 29.3. The molecule has 0 spiro atoms. The first-order valence-corrected chi connectivity index (χ1v) is 11.8. The average Bonchev–Trinajstić information content (AvgIpc) is 2.79. The number of anilines is 4. The van der Waals surface area contributed by atoms with Crippen LogP contribution in [0.1, 0.15) is 22.3 Å². The van der Waals surface area contributed by atoms with E-state index in [1.54, 1.807) is 24.3 Å². The second-order valence-corrected chi connectivity index (χ2v) is 9.41. The third kappa shape index (κ3) is 7.12. The van der Waals surface area contributed by atoms with E-state index in [0.29, 0.717) is 42.8 Å². The van der Waals surface area contributed by atoms with Crippen LogP contribution in [0.25, 0.3) is 0 Å². The summed E-state index contributed by atoms with van der Waals surface area (Å²) in [5.74, 6) is 0. The summed E-state index contributed by atoms with van der Waals surface area (Å²) in [5, 5.41) is 2.29. The third-order valence-corrected chi connectivity index (χ3v) is 6.39. The van der Waals surface area contributed by atoms with Crippen LogP contribution in [0, 0.1) is 0 Å². The zero-order valence-corrected chi connectivity index (χ0v) is 21.2. The van der Waals surface area contributed by atoms with E-state index >= 15 is 0 Å². The Hall–Kier alpha value is -2.76. The molecule has 0 fully saturated rings. The predicted octanol–water partition coefficient (Wildman–Crippen LogP) is 7.50. The summed E-state index contributed by atoms with van der Waals surface area (Å²) in [4.78, 5) is 0. The van der Waals surface area contributed by atoms with Crippen LogP contribution < -0.4 is 22.9 Å². The summed E-state index contributed by atoms with van der Waals surface area (Å²) in [7, 11) is 0. The van der Waals surface area contributed by atoms with Crippen molar-refractivity contribution in [3.8, 4) is 0 Å². The number of hydrogen-bond acceptors (Lipinski definition) is 4. The Bertz CT molecular complexity index is 1110. The summed E-state index contributed by atoms with van der Waals surface area (Å²) in [6, 6.07) is 22.5. The van der Waals surface area contributed by atoms with Crippen molar-refractivity contribution in [1.82, 2.24) is 0 Å². The van der Waals surface area contributed by atoms with Gasteiger partial charge < -0.3 is 22.9 Å². The quantitative estimate of drug-likeness (QED) is 0.204. The Labute approximate surface area is 219 Å². The van der Waals surface area contributed by atoms with Crippen LogP contribution in [-0.2, 0) is 12.8 Å². The van der Waals surface area contributed by atoms with E-state index < -0.39 is 0 Å². The Morgan fingerprint density at radius 3 is 0.765 bits per heavy atom. The van der Waals surface area contributed by atoms with E-state index in [-0.39, 0.29) is 0 Å². The Morgan fingerprint density at radius 1 is 0.382 bits per heavy atom. The topological polar surface area (TPSA) is 104 Å². The van der Waals surface area contributed by atoms with Gasteiger partial charge in [0.2, 0.25) is 0 Å². The van der Waals surface area contributed by atoms with E-state index in [9.17, 15) is 0 Å². The fraction of sp³-hybridized carbons (Fsp3) is 0.0769. The van der Waals surface area contributed by atoms with Crippen molar-refractivity contribution in [3.05, 3.63) is 115 Å². The van der Waals surface area contributed by atoms with Crippen molar-refractivity contribution in [2.24, 2.45) is 0 Å². The van der Waals surface area contributed by atoms with Crippen molar-refractivity contribution < 1.29 is 0 Å². The maximum atomic E-state index is 5.97. The molecule has 0 aliphatic carbocycles. The number of nitrogen functional groups attached to an aromatic ring is 4. The maximum absolute atomic E-state index is 5.97. The van der Waals surface area contributed by atoms with Crippen LogP contribution in [0.3, 0.4) is 0 Å². The number of nitrogens with two attached hydrogens (primary N) is 4. The molecule has 0 bridgehead atoms. The SMILES string of the molecule is Nc1ccc(Cc2ccc(N)c(Cl)c2)cc1Cl.Nc1ccc(Cc2ccc(N)c(Cl)c2)cc1Cl. The molecule has 4 nitrogen and oxygen atoms in total. The highest BCUT2D eigenvalue weighted by Gasteiger charge is 2.04. The summed E-state index contributed by atoms with van der Waals surface area (Å²) in [6.07, 6.45) is 1.50. The van der Waals surface area contributed by atoms with Crippen molar-refractivity contribution >= 4 is 69.2 Å². The first-order chi connectivity index (χ1) is 16.1. The molecule has 0 saturated carbocycles. The van der Waals surface area contributed by atoms with Crippen LogP contribution in [0.5, 0.6) is 0 Å². The molecule has 4 aromatic rings. The lowest BCUT2D eigenvalue weighted by Gasteiger charge is -2.06. The Balaban J connectivity index is 0.000000191. The minimum atomic E-state index is 0.573. The van der Waals surface area contributed by atoms with Gasteiger partial charge in [-0.15, -0.1) is 0 Å². The van der Waals surface area contributed by atoms with E-state index in [0.717, 1.165) is 35.1 Å². The van der Waals surface area contributed by atoms with E-state index in [4.69, 9.17) is 69.3 Å². The standard InChI is InChI=1S/2C13H12Cl2N2/c2*14-10-6-8(1-3-12(10)16)5-9-2-4-13(17)11(15)7-9/h2*1-4,6-7H,5,16-17H2. The smallest absolute Gasteiger partial charge is 0.0638 e. The van der Waals surface area contributed by atoms with Crippen LogP contribution in [0.4, 0.5) is 22.7 Å². The highest BCUT2D eigenvalue weighted by atomic mass is 35.5. The molecule has 0 aliphatic heterocycles. The first kappa shape index (κ1) is 25.9. The van der Waals surface area contributed by atoms with Crippen molar-refractivity contribution in [2.45, 2.75) is 12.8 Å². The minimum absolute atomic E-state index is 0.573. The van der Waals surface area contributed by atoms with Gasteiger partial charge in [-0.25, -0.2) is 0 Å². The second kappa shape index (κ2) is 11.6. The van der Waals surface area contributed by atoms with Gasteiger partial charge in [0.15, 0.2) is 0 Å². The van der Waals surface area contributed by atoms with E-state index in [1.807, 2.05) is 48.5 Å². The normalized spacial score (nSPS) is 10.5. The van der Waals surface area contributed by atoms with Gasteiger partial charge in [0.1, 0.15) is 0 Å². The Morgan fingerprint density at radius 2 is 0.588 bits per heavy atom. The minimum Gasteiger partial charge on any atom is -0.398 e. The zero-order valence-electron chi connectivity index (χ0n) is 18.2. The second-order valence-electron chi connectivity index (χ2n) is 7.78. The molecule has 176 valence electrons. The van der Waals surface area contributed by atoms with Gasteiger partial charge >= 0.3 is 0 Å². The van der Waals surface area contributed by atoms with Crippen LogP contribution >= 0.6 is 46.4 Å². The monoisotopic (exact) mass is 532 g/mol. The van der Waals surface area contributed by atoms with Gasteiger partial charge in [-0.05, 0) is 83.6 Å². The highest BCUT2D eigenvalue weighted by Crippen LogP contribution is 2.26. The highest BCUT2D eigenvalue weighted by molar-refractivity contribution is 6.34. The third-order valence-electron chi connectivity index (χ3n) is 5.08. The summed E-state index contributed by atoms with van der Waals surface area (Å²) in [6.45, 7) is 0. The van der Waals surface area contributed by atoms with Gasteiger partial charge in [0, 0.05) is 0 Å². The number of halogens is 4. The molecule has 4 rings (SSSR count). The largest absolute Gasteiger partial charge is 0.398 e. The molecule has 0 unspecified atom stereocenters. The number of benzene rings is 4. The molecule has 0 atom stereocenters. The van der Waals surface area contributed by atoms with E-state index in [2.05, 4.69) is 0 Å². The molecule has 0 aliphatic rings. The summed E-state index contributed by atoms with van der Waals surface area (Å²) < 4.78 is 0. The Kier molecular flexibility index (Phi) is 8.81. The first-order valence-electron chi connectivity index (χ1n) is 10.3.